The number of anilines is 2. The lowest BCUT2D eigenvalue weighted by Gasteiger charge is -2.32. The second-order valence-corrected chi connectivity index (χ2v) is 10.2. The molecule has 2 amide bonds. The number of aromatic carboxylic acids is 1. The molecule has 1 atom stereocenters. The maximum atomic E-state index is 13.8. The molecule has 1 aromatic heterocycles. The van der Waals surface area contributed by atoms with E-state index >= 15 is 0 Å². The number of carbonyl (C=O) groups excluding carboxylic acids is 2. The third-order valence-electron chi connectivity index (χ3n) is 6.49. The molecule has 0 unspecified atom stereocenters. The summed E-state index contributed by atoms with van der Waals surface area (Å²) in [5.74, 6) is -1.43. The first-order chi connectivity index (χ1) is 15.6. The molecule has 1 spiro atoms. The topological polar surface area (TPSA) is 86.7 Å². The number of hydrogen-bond donors (Lipinski definition) is 2. The minimum atomic E-state index is -1.26. The number of benzene rings is 2. The quantitative estimate of drug-likeness (QED) is 0.518. The summed E-state index contributed by atoms with van der Waals surface area (Å²) < 4.78 is 0. The van der Waals surface area contributed by atoms with Crippen LogP contribution in [-0.2, 0) is 15.0 Å². The van der Waals surface area contributed by atoms with Crippen LogP contribution in [0.5, 0.6) is 0 Å². The molecule has 3 heterocycles. The van der Waals surface area contributed by atoms with Crippen molar-refractivity contribution < 1.29 is 19.5 Å². The van der Waals surface area contributed by atoms with Gasteiger partial charge in [-0.05, 0) is 40.8 Å². The molecule has 0 saturated carbocycles. The van der Waals surface area contributed by atoms with Gasteiger partial charge in [0, 0.05) is 23.3 Å². The Balaban J connectivity index is 1.85. The fraction of sp³-hybridized carbons (Fsp3) is 0.240. The number of amides is 2. The molecule has 6 nitrogen and oxygen atoms in total. The number of nitrogens with zero attached hydrogens (tertiary/aromatic N) is 1. The molecule has 3 aromatic rings. The highest BCUT2D eigenvalue weighted by Gasteiger charge is 2.57. The van der Waals surface area contributed by atoms with E-state index in [1.807, 2.05) is 18.2 Å². The van der Waals surface area contributed by atoms with Crippen LogP contribution in [0.25, 0.3) is 11.1 Å². The maximum absolute atomic E-state index is 13.8. The van der Waals surface area contributed by atoms with E-state index in [4.69, 9.17) is 11.6 Å². The van der Waals surface area contributed by atoms with Gasteiger partial charge in [-0.2, -0.15) is 0 Å². The first kappa shape index (κ1) is 21.7. The summed E-state index contributed by atoms with van der Waals surface area (Å²) >= 11 is 7.09. The van der Waals surface area contributed by atoms with E-state index in [2.05, 4.69) is 19.2 Å². The fourth-order valence-corrected chi connectivity index (χ4v) is 6.28. The van der Waals surface area contributed by atoms with E-state index in [1.54, 1.807) is 36.2 Å². The van der Waals surface area contributed by atoms with E-state index in [9.17, 15) is 19.5 Å². The van der Waals surface area contributed by atoms with Gasteiger partial charge in [-0.1, -0.05) is 49.7 Å². The van der Waals surface area contributed by atoms with Crippen LogP contribution < -0.4 is 10.2 Å². The average Bonchev–Trinajstić information content (AvgIpc) is 3.25. The van der Waals surface area contributed by atoms with Crippen LogP contribution in [0.2, 0.25) is 5.02 Å². The van der Waals surface area contributed by atoms with Crippen molar-refractivity contribution >= 4 is 52.1 Å². The van der Waals surface area contributed by atoms with Crippen molar-refractivity contribution in [3.8, 4) is 11.1 Å². The van der Waals surface area contributed by atoms with Crippen molar-refractivity contribution in [2.24, 2.45) is 0 Å². The van der Waals surface area contributed by atoms with E-state index < -0.39 is 11.4 Å². The number of hydrogen-bond acceptors (Lipinski definition) is 4. The standard InChI is InChI=1S/C25H21ClN2O4S/c1-12(2)14-6-9-17-16(10-14)25(24(32)28(17)3)11-18(29)27-20-19(13-4-7-15(26)8-5-13)21(23(30)31)33-22(20)25/h4-10,12H,11H2,1-3H3,(H,27,29)(H,30,31)/t25-/m1/s1. The molecule has 2 aliphatic heterocycles. The van der Waals surface area contributed by atoms with Crippen LogP contribution >= 0.6 is 22.9 Å². The predicted octanol–water partition coefficient (Wildman–Crippen LogP) is 5.49. The lowest BCUT2D eigenvalue weighted by atomic mass is 9.73. The fourth-order valence-electron chi connectivity index (χ4n) is 4.85. The van der Waals surface area contributed by atoms with Crippen molar-refractivity contribution in [3.05, 3.63) is 68.4 Å². The summed E-state index contributed by atoms with van der Waals surface area (Å²) in [5.41, 5.74) is 2.68. The minimum absolute atomic E-state index is 0.0721. The third-order valence-corrected chi connectivity index (χ3v) is 8.08. The van der Waals surface area contributed by atoms with E-state index in [0.717, 1.165) is 28.2 Å². The molecule has 2 aromatic carbocycles. The highest BCUT2D eigenvalue weighted by molar-refractivity contribution is 7.15. The highest BCUT2D eigenvalue weighted by atomic mass is 35.5. The first-order valence-electron chi connectivity index (χ1n) is 10.5. The first-order valence-corrected chi connectivity index (χ1v) is 11.7. The van der Waals surface area contributed by atoms with Crippen LogP contribution in [0.15, 0.2) is 42.5 Å². The van der Waals surface area contributed by atoms with Crippen LogP contribution in [0.4, 0.5) is 11.4 Å². The lowest BCUT2D eigenvalue weighted by Crippen LogP contribution is -2.45. The van der Waals surface area contributed by atoms with Crippen molar-refractivity contribution in [2.45, 2.75) is 31.6 Å². The Bertz CT molecular complexity index is 1350. The zero-order chi connectivity index (χ0) is 23.7. The summed E-state index contributed by atoms with van der Waals surface area (Å²) in [4.78, 5) is 41.3. The monoisotopic (exact) mass is 480 g/mol. The molecular formula is C25H21ClN2O4S. The largest absolute Gasteiger partial charge is 0.477 e. The van der Waals surface area contributed by atoms with Gasteiger partial charge in [0.2, 0.25) is 11.8 Å². The molecular weight excluding hydrogens is 460 g/mol. The van der Waals surface area contributed by atoms with Crippen LogP contribution in [0.3, 0.4) is 0 Å². The Kier molecular flexibility index (Phi) is 4.88. The number of fused-ring (bicyclic) bond motifs is 4. The van der Waals surface area contributed by atoms with Crippen LogP contribution in [0, 0.1) is 0 Å². The Labute approximate surface area is 199 Å². The van der Waals surface area contributed by atoms with Gasteiger partial charge in [0.1, 0.15) is 10.3 Å². The van der Waals surface area contributed by atoms with E-state index in [1.165, 1.54) is 0 Å². The second-order valence-electron chi connectivity index (χ2n) is 8.75. The van der Waals surface area contributed by atoms with Gasteiger partial charge in [-0.3, -0.25) is 9.59 Å². The minimum Gasteiger partial charge on any atom is -0.477 e. The Morgan fingerprint density at radius 1 is 1.18 bits per heavy atom. The van der Waals surface area contributed by atoms with Crippen molar-refractivity contribution in [2.75, 3.05) is 17.3 Å². The van der Waals surface area contributed by atoms with Crippen LogP contribution in [0.1, 0.15) is 51.9 Å². The van der Waals surface area contributed by atoms with Crippen molar-refractivity contribution in [3.63, 3.8) is 0 Å². The third kappa shape index (κ3) is 3.03. The van der Waals surface area contributed by atoms with Gasteiger partial charge >= 0.3 is 5.97 Å². The van der Waals surface area contributed by atoms with Gasteiger partial charge in [0.25, 0.3) is 0 Å². The number of carboxylic acid groups (broad SMARTS) is 1. The molecule has 0 bridgehead atoms. The Hall–Kier alpha value is -3.16. The summed E-state index contributed by atoms with van der Waals surface area (Å²) in [6.07, 6.45) is -0.0721. The number of rotatable bonds is 3. The lowest BCUT2D eigenvalue weighted by molar-refractivity contribution is -0.126. The summed E-state index contributed by atoms with van der Waals surface area (Å²) in [6, 6.07) is 12.7. The predicted molar refractivity (Wildman–Crippen MR) is 130 cm³/mol. The molecule has 0 aliphatic carbocycles. The molecule has 33 heavy (non-hydrogen) atoms. The molecule has 2 N–H and O–H groups in total. The number of carboxylic acids is 1. The molecule has 5 rings (SSSR count). The number of nitrogens with one attached hydrogen (secondary N) is 1. The number of halogens is 1. The van der Waals surface area contributed by atoms with Crippen LogP contribution in [-0.4, -0.2) is 29.9 Å². The van der Waals surface area contributed by atoms with Gasteiger partial charge in [0.05, 0.1) is 17.0 Å². The SMILES string of the molecule is CC(C)c1ccc2c(c1)[C@@]1(CC(=O)Nc3c1sc(C(=O)O)c3-c1ccc(Cl)cc1)C(=O)N2C. The molecule has 168 valence electrons. The van der Waals surface area contributed by atoms with Gasteiger partial charge in [-0.15, -0.1) is 11.3 Å². The molecule has 2 aliphatic rings. The Morgan fingerprint density at radius 3 is 2.52 bits per heavy atom. The molecule has 0 radical (unpaired) electrons. The van der Waals surface area contributed by atoms with Crippen molar-refractivity contribution in [1.29, 1.82) is 0 Å². The van der Waals surface area contributed by atoms with Crippen molar-refractivity contribution in [1.82, 2.24) is 0 Å². The summed E-state index contributed by atoms with van der Waals surface area (Å²) in [5, 5.41) is 13.4. The van der Waals surface area contributed by atoms with E-state index in [0.29, 0.717) is 26.7 Å². The normalized spacial score (nSPS) is 19.1. The second kappa shape index (κ2) is 7.43. The Morgan fingerprint density at radius 2 is 1.88 bits per heavy atom. The summed E-state index contributed by atoms with van der Waals surface area (Å²) in [6.45, 7) is 4.14. The molecule has 0 fully saturated rings. The average molecular weight is 481 g/mol. The summed E-state index contributed by atoms with van der Waals surface area (Å²) in [7, 11) is 1.70. The van der Waals surface area contributed by atoms with Gasteiger partial charge in [-0.25, -0.2) is 4.79 Å². The zero-order valence-electron chi connectivity index (χ0n) is 18.2. The molecule has 0 saturated heterocycles. The van der Waals surface area contributed by atoms with Gasteiger partial charge in [0.15, 0.2) is 0 Å². The number of likely N-dealkylation sites (N-methyl/N-ethyl adjacent to an activating group) is 1. The highest BCUT2D eigenvalue weighted by Crippen LogP contribution is 2.57. The maximum Gasteiger partial charge on any atom is 0.346 e. The zero-order valence-corrected chi connectivity index (χ0v) is 19.8. The molecule has 8 heteroatoms. The number of thiophene rings is 1. The number of carbonyl (C=O) groups is 3. The van der Waals surface area contributed by atoms with Gasteiger partial charge < -0.3 is 15.3 Å². The smallest absolute Gasteiger partial charge is 0.346 e. The van der Waals surface area contributed by atoms with E-state index in [-0.39, 0.29) is 29.0 Å².